The molecule has 2 aromatic rings. The molecule has 94 valence electrons. The van der Waals surface area contributed by atoms with E-state index in [9.17, 15) is 4.79 Å². The molecule has 4 nitrogen and oxygen atoms in total. The van der Waals surface area contributed by atoms with Gasteiger partial charge in [0.05, 0.1) is 11.7 Å². The Morgan fingerprint density at radius 3 is 3.28 bits per heavy atom. The first-order valence-corrected chi connectivity index (χ1v) is 7.13. The zero-order valence-electron chi connectivity index (χ0n) is 10.2. The molecule has 0 saturated carbocycles. The summed E-state index contributed by atoms with van der Waals surface area (Å²) in [6.45, 7) is 3.85. The Labute approximate surface area is 110 Å². The van der Waals surface area contributed by atoms with Crippen molar-refractivity contribution in [1.82, 2.24) is 15.1 Å². The first-order chi connectivity index (χ1) is 8.74. The molecule has 0 spiro atoms. The van der Waals surface area contributed by atoms with Gasteiger partial charge in [-0.1, -0.05) is 13.0 Å². The first-order valence-electron chi connectivity index (χ1n) is 6.08. The van der Waals surface area contributed by atoms with Crippen molar-refractivity contribution in [3.63, 3.8) is 0 Å². The Hall–Kier alpha value is -1.49. The molecule has 1 amide bonds. The van der Waals surface area contributed by atoms with Crippen molar-refractivity contribution in [2.45, 2.75) is 12.2 Å². The maximum absolute atomic E-state index is 12.4. The number of fused-ring (bicyclic) bond motifs is 1. The summed E-state index contributed by atoms with van der Waals surface area (Å²) in [5, 5.41) is 8.44. The quantitative estimate of drug-likeness (QED) is 0.855. The van der Waals surface area contributed by atoms with Crippen LogP contribution in [-0.4, -0.2) is 45.1 Å². The van der Waals surface area contributed by atoms with Gasteiger partial charge in [0.1, 0.15) is 0 Å². The van der Waals surface area contributed by atoms with Crippen LogP contribution in [0.25, 0.3) is 10.9 Å². The molecule has 0 bridgehead atoms. The van der Waals surface area contributed by atoms with Gasteiger partial charge in [-0.25, -0.2) is 0 Å². The van der Waals surface area contributed by atoms with Crippen molar-refractivity contribution in [3.8, 4) is 0 Å². The summed E-state index contributed by atoms with van der Waals surface area (Å²) in [6.07, 6.45) is 1.77. The third-order valence-electron chi connectivity index (χ3n) is 3.22. The molecule has 0 radical (unpaired) electrons. The van der Waals surface area contributed by atoms with Crippen LogP contribution in [-0.2, 0) is 0 Å². The van der Waals surface area contributed by atoms with E-state index in [1.165, 1.54) is 0 Å². The van der Waals surface area contributed by atoms with Crippen LogP contribution >= 0.6 is 11.8 Å². The largest absolute Gasteiger partial charge is 0.337 e. The molecule has 18 heavy (non-hydrogen) atoms. The summed E-state index contributed by atoms with van der Waals surface area (Å²) in [7, 11) is 0. The number of benzene rings is 1. The van der Waals surface area contributed by atoms with Crippen molar-refractivity contribution >= 4 is 28.6 Å². The minimum atomic E-state index is 0.124. The van der Waals surface area contributed by atoms with Crippen molar-refractivity contribution in [2.75, 3.05) is 18.8 Å². The van der Waals surface area contributed by atoms with E-state index in [4.69, 9.17) is 0 Å². The number of hydrogen-bond donors (Lipinski definition) is 1. The van der Waals surface area contributed by atoms with Gasteiger partial charge in [-0.05, 0) is 12.1 Å². The minimum absolute atomic E-state index is 0.124. The molecule has 1 aliphatic heterocycles. The van der Waals surface area contributed by atoms with Crippen LogP contribution < -0.4 is 0 Å². The molecule has 1 fully saturated rings. The van der Waals surface area contributed by atoms with E-state index in [-0.39, 0.29) is 5.91 Å². The van der Waals surface area contributed by atoms with Gasteiger partial charge in [-0.3, -0.25) is 9.89 Å². The van der Waals surface area contributed by atoms with E-state index in [0.29, 0.717) is 5.25 Å². The van der Waals surface area contributed by atoms with Gasteiger partial charge in [-0.2, -0.15) is 16.9 Å². The molecule has 5 heteroatoms. The van der Waals surface area contributed by atoms with Gasteiger partial charge in [0.2, 0.25) is 0 Å². The van der Waals surface area contributed by atoms with Gasteiger partial charge in [-0.15, -0.1) is 0 Å². The Bertz CT molecular complexity index is 580. The number of nitrogens with one attached hydrogen (secondary N) is 1. The molecule has 3 rings (SSSR count). The molecular weight excluding hydrogens is 246 g/mol. The van der Waals surface area contributed by atoms with Crippen molar-refractivity contribution in [1.29, 1.82) is 0 Å². The number of rotatable bonds is 1. The second kappa shape index (κ2) is 4.65. The highest BCUT2D eigenvalue weighted by Crippen LogP contribution is 2.20. The summed E-state index contributed by atoms with van der Waals surface area (Å²) in [5.41, 5.74) is 1.66. The highest BCUT2D eigenvalue weighted by Gasteiger charge is 2.22. The van der Waals surface area contributed by atoms with E-state index < -0.39 is 0 Å². The number of aromatic amines is 1. The Balaban J connectivity index is 1.86. The highest BCUT2D eigenvalue weighted by atomic mass is 32.2. The molecule has 1 unspecified atom stereocenters. The normalized spacial score (nSPS) is 20.3. The second-order valence-electron chi connectivity index (χ2n) is 4.60. The summed E-state index contributed by atoms with van der Waals surface area (Å²) in [5.74, 6) is 1.15. The molecule has 1 aromatic heterocycles. The van der Waals surface area contributed by atoms with Crippen LogP contribution in [0, 0.1) is 0 Å². The fourth-order valence-corrected chi connectivity index (χ4v) is 3.27. The average Bonchev–Trinajstić information content (AvgIpc) is 2.85. The third kappa shape index (κ3) is 2.10. The van der Waals surface area contributed by atoms with Gasteiger partial charge in [0.15, 0.2) is 0 Å². The van der Waals surface area contributed by atoms with E-state index in [2.05, 4.69) is 17.1 Å². The maximum Gasteiger partial charge on any atom is 0.253 e. The Morgan fingerprint density at radius 1 is 1.56 bits per heavy atom. The zero-order valence-corrected chi connectivity index (χ0v) is 11.0. The van der Waals surface area contributed by atoms with Crippen molar-refractivity contribution in [3.05, 3.63) is 30.0 Å². The van der Waals surface area contributed by atoms with Gasteiger partial charge in [0, 0.05) is 35.0 Å². The topological polar surface area (TPSA) is 49.0 Å². The summed E-state index contributed by atoms with van der Waals surface area (Å²) >= 11 is 1.93. The lowest BCUT2D eigenvalue weighted by atomic mass is 10.1. The summed E-state index contributed by atoms with van der Waals surface area (Å²) in [4.78, 5) is 14.3. The maximum atomic E-state index is 12.4. The molecule has 1 aliphatic rings. The van der Waals surface area contributed by atoms with E-state index in [0.717, 1.165) is 35.3 Å². The van der Waals surface area contributed by atoms with Crippen molar-refractivity contribution < 1.29 is 4.79 Å². The number of aromatic nitrogens is 2. The van der Waals surface area contributed by atoms with Crippen LogP contribution in [0.2, 0.25) is 0 Å². The predicted octanol–water partition coefficient (Wildman–Crippen LogP) is 2.14. The predicted molar refractivity (Wildman–Crippen MR) is 73.9 cm³/mol. The molecule has 1 atom stereocenters. The second-order valence-corrected chi connectivity index (χ2v) is 6.15. The van der Waals surface area contributed by atoms with Crippen LogP contribution in [0.1, 0.15) is 17.3 Å². The highest BCUT2D eigenvalue weighted by molar-refractivity contribution is 7.99. The SMILES string of the molecule is CC1CN(C(=O)c2ccc3cn[nH]c3c2)CCS1. The first kappa shape index (κ1) is 11.6. The molecule has 1 saturated heterocycles. The molecular formula is C13H15N3OS. The minimum Gasteiger partial charge on any atom is -0.337 e. The molecule has 2 heterocycles. The van der Waals surface area contributed by atoms with E-state index in [1.807, 2.05) is 34.9 Å². The Kier molecular flexibility index (Phi) is 2.99. The van der Waals surface area contributed by atoms with Crippen molar-refractivity contribution in [2.24, 2.45) is 0 Å². The van der Waals surface area contributed by atoms with E-state index in [1.54, 1.807) is 6.20 Å². The summed E-state index contributed by atoms with van der Waals surface area (Å²) < 4.78 is 0. The fourth-order valence-electron chi connectivity index (χ4n) is 2.26. The number of carbonyl (C=O) groups is 1. The number of thioether (sulfide) groups is 1. The number of H-pyrrole nitrogens is 1. The molecule has 1 aromatic carbocycles. The molecule has 1 N–H and O–H groups in total. The lowest BCUT2D eigenvalue weighted by molar-refractivity contribution is 0.0763. The number of hydrogen-bond acceptors (Lipinski definition) is 3. The third-order valence-corrected chi connectivity index (χ3v) is 4.35. The number of nitrogens with zero attached hydrogens (tertiary/aromatic N) is 2. The van der Waals surface area contributed by atoms with E-state index >= 15 is 0 Å². The van der Waals surface area contributed by atoms with Gasteiger partial charge < -0.3 is 4.90 Å². The van der Waals surface area contributed by atoms with Gasteiger partial charge in [0.25, 0.3) is 5.91 Å². The Morgan fingerprint density at radius 2 is 2.44 bits per heavy atom. The average molecular weight is 261 g/mol. The standard InChI is InChI=1S/C13H15N3OS/c1-9-8-16(4-5-18-9)13(17)10-2-3-11-7-14-15-12(11)6-10/h2-3,6-7,9H,4-5,8H2,1H3,(H,14,15). The number of amides is 1. The van der Waals surface area contributed by atoms with Crippen LogP contribution in [0.4, 0.5) is 0 Å². The monoisotopic (exact) mass is 261 g/mol. The van der Waals surface area contributed by atoms with Gasteiger partial charge >= 0.3 is 0 Å². The smallest absolute Gasteiger partial charge is 0.253 e. The van der Waals surface area contributed by atoms with Crippen LogP contribution in [0.15, 0.2) is 24.4 Å². The van der Waals surface area contributed by atoms with Crippen LogP contribution in [0.5, 0.6) is 0 Å². The lowest BCUT2D eigenvalue weighted by Gasteiger charge is -2.30. The molecule has 0 aliphatic carbocycles. The summed E-state index contributed by atoms with van der Waals surface area (Å²) in [6, 6.07) is 5.71. The zero-order chi connectivity index (χ0) is 12.5. The number of carbonyl (C=O) groups excluding carboxylic acids is 1. The van der Waals surface area contributed by atoms with Crippen LogP contribution in [0.3, 0.4) is 0 Å². The lowest BCUT2D eigenvalue weighted by Crippen LogP contribution is -2.41. The fraction of sp³-hybridized carbons (Fsp3) is 0.385.